The number of sulfonamides is 1. The first kappa shape index (κ1) is 18.6. The first-order valence-electron chi connectivity index (χ1n) is 8.52. The van der Waals surface area contributed by atoms with Gasteiger partial charge in [-0.2, -0.15) is 5.06 Å². The Morgan fingerprint density at radius 1 is 1.40 bits per heavy atom. The Morgan fingerprint density at radius 3 is 2.56 bits per heavy atom. The lowest BCUT2D eigenvalue weighted by atomic mass is 9.69. The average molecular weight is 374 g/mol. The van der Waals surface area contributed by atoms with E-state index in [1.165, 1.54) is 14.2 Å². The van der Waals surface area contributed by atoms with Crippen molar-refractivity contribution in [2.75, 3.05) is 19.9 Å². The van der Waals surface area contributed by atoms with Crippen molar-refractivity contribution in [3.8, 4) is 0 Å². The summed E-state index contributed by atoms with van der Waals surface area (Å²) in [4.78, 5) is 24.6. The topological polar surface area (TPSA) is 104 Å². The molecule has 1 amide bonds. The monoisotopic (exact) mass is 374 g/mol. The summed E-state index contributed by atoms with van der Waals surface area (Å²) in [6.07, 6.45) is 2.01. The molecule has 4 atom stereocenters. The number of ether oxygens (including phenoxy) is 1. The van der Waals surface area contributed by atoms with Gasteiger partial charge in [0.25, 0.3) is 5.91 Å². The van der Waals surface area contributed by atoms with Crippen LogP contribution in [0.2, 0.25) is 0 Å². The molecular weight excluding hydrogens is 348 g/mol. The minimum Gasteiger partial charge on any atom is -0.469 e. The third-order valence-electron chi connectivity index (χ3n) is 6.95. The molecular formula is C16H26N2O6S. The van der Waals surface area contributed by atoms with Gasteiger partial charge in [0.2, 0.25) is 10.0 Å². The van der Waals surface area contributed by atoms with Crippen LogP contribution in [0, 0.1) is 16.7 Å². The van der Waals surface area contributed by atoms with Crippen LogP contribution >= 0.6 is 0 Å². The maximum Gasteiger partial charge on any atom is 0.307 e. The van der Waals surface area contributed by atoms with Crippen molar-refractivity contribution in [1.29, 1.82) is 0 Å². The van der Waals surface area contributed by atoms with E-state index >= 15 is 0 Å². The van der Waals surface area contributed by atoms with Crippen LogP contribution in [0.25, 0.3) is 0 Å². The van der Waals surface area contributed by atoms with Crippen LogP contribution in [-0.4, -0.2) is 66.9 Å². The lowest BCUT2D eigenvalue weighted by molar-refractivity contribution is -0.163. The highest BCUT2D eigenvalue weighted by molar-refractivity contribution is 7.90. The molecule has 1 saturated heterocycles. The third-order valence-corrected chi connectivity index (χ3v) is 8.87. The summed E-state index contributed by atoms with van der Waals surface area (Å²) < 4.78 is 31.2. The number of carbonyl (C=O) groups excluding carboxylic acids is 2. The lowest BCUT2D eigenvalue weighted by Gasteiger charge is -2.37. The van der Waals surface area contributed by atoms with Gasteiger partial charge in [0.1, 0.15) is 6.04 Å². The van der Waals surface area contributed by atoms with Crippen LogP contribution in [0.3, 0.4) is 0 Å². The minimum absolute atomic E-state index is 0.0417. The summed E-state index contributed by atoms with van der Waals surface area (Å²) >= 11 is 0. The number of methoxy groups -OCH3 is 1. The van der Waals surface area contributed by atoms with Gasteiger partial charge in [-0.1, -0.05) is 13.8 Å². The molecule has 2 bridgehead atoms. The Kier molecular flexibility index (Phi) is 4.21. The molecule has 9 heteroatoms. The van der Waals surface area contributed by atoms with Gasteiger partial charge in [0.15, 0.2) is 0 Å². The highest BCUT2D eigenvalue weighted by Gasteiger charge is 2.72. The fraction of sp³-hybridized carbons (Fsp3) is 0.875. The van der Waals surface area contributed by atoms with E-state index in [1.54, 1.807) is 0 Å². The molecule has 2 saturated carbocycles. The summed E-state index contributed by atoms with van der Waals surface area (Å²) in [5.41, 5.74) is -0.585. The minimum atomic E-state index is -3.79. The van der Waals surface area contributed by atoms with Crippen molar-refractivity contribution < 1.29 is 28.0 Å². The number of esters is 1. The van der Waals surface area contributed by atoms with Crippen LogP contribution < -0.4 is 0 Å². The Hall–Kier alpha value is -1.19. The Morgan fingerprint density at radius 2 is 2.04 bits per heavy atom. The molecule has 0 aromatic carbocycles. The molecule has 1 aliphatic heterocycles. The molecule has 0 unspecified atom stereocenters. The van der Waals surface area contributed by atoms with E-state index in [0.29, 0.717) is 17.4 Å². The standard InChI is InChI=1S/C16H26N2O6S/c1-15(2)10-5-6-16(15)9-25(22,23)18(12(16)7-10)14(20)11(17(3)21)8-13(19)24-4/h10-12,21H,5-9H2,1-4H3/t10-,11+,12-,16-/m0/s1. The van der Waals surface area contributed by atoms with Gasteiger partial charge < -0.3 is 9.94 Å². The Bertz CT molecular complexity index is 703. The summed E-state index contributed by atoms with van der Waals surface area (Å²) in [6.45, 7) is 4.19. The first-order chi connectivity index (χ1) is 11.5. The Balaban J connectivity index is 1.96. The normalized spacial score (nSPS) is 35.7. The van der Waals surface area contributed by atoms with Gasteiger partial charge in [0, 0.05) is 12.5 Å². The average Bonchev–Trinajstić information content (AvgIpc) is 2.98. The predicted molar refractivity (Wildman–Crippen MR) is 87.9 cm³/mol. The largest absolute Gasteiger partial charge is 0.469 e. The molecule has 3 rings (SSSR count). The van der Waals surface area contributed by atoms with Gasteiger partial charge in [-0.3, -0.25) is 9.59 Å². The highest BCUT2D eigenvalue weighted by Crippen LogP contribution is 2.70. The van der Waals surface area contributed by atoms with Gasteiger partial charge in [-0.25, -0.2) is 12.7 Å². The van der Waals surface area contributed by atoms with Crippen molar-refractivity contribution in [1.82, 2.24) is 9.37 Å². The maximum atomic E-state index is 13.0. The molecule has 0 aromatic heterocycles. The van der Waals surface area contributed by atoms with Crippen LogP contribution in [0.1, 0.15) is 39.5 Å². The van der Waals surface area contributed by atoms with E-state index in [1.807, 2.05) is 0 Å². The number of amides is 1. The van der Waals surface area contributed by atoms with Crippen molar-refractivity contribution in [3.05, 3.63) is 0 Å². The second kappa shape index (κ2) is 5.65. The second-order valence-corrected chi connectivity index (χ2v) is 9.97. The number of nitrogens with zero attached hydrogens (tertiary/aromatic N) is 2. The number of fused-ring (bicyclic) bond motifs is 1. The van der Waals surface area contributed by atoms with Crippen molar-refractivity contribution in [2.24, 2.45) is 16.7 Å². The van der Waals surface area contributed by atoms with Crippen molar-refractivity contribution in [3.63, 3.8) is 0 Å². The fourth-order valence-electron chi connectivity index (χ4n) is 5.35. The number of carbonyl (C=O) groups is 2. The van der Waals surface area contributed by atoms with Crippen molar-refractivity contribution in [2.45, 2.75) is 51.6 Å². The third kappa shape index (κ3) is 2.43. The molecule has 1 spiro atoms. The molecule has 1 heterocycles. The lowest BCUT2D eigenvalue weighted by Crippen LogP contribution is -2.52. The van der Waals surface area contributed by atoms with E-state index in [9.17, 15) is 23.2 Å². The number of rotatable bonds is 4. The fourth-order valence-corrected chi connectivity index (χ4v) is 7.92. The van der Waals surface area contributed by atoms with Crippen LogP contribution in [0.4, 0.5) is 0 Å². The molecule has 142 valence electrons. The highest BCUT2D eigenvalue weighted by atomic mass is 32.2. The molecule has 3 fully saturated rings. The van der Waals surface area contributed by atoms with Gasteiger partial charge in [0.05, 0.1) is 25.3 Å². The summed E-state index contributed by atoms with van der Waals surface area (Å²) in [5, 5.41) is 10.4. The van der Waals surface area contributed by atoms with Gasteiger partial charge in [-0.05, 0) is 30.6 Å². The summed E-state index contributed by atoms with van der Waals surface area (Å²) in [6, 6.07) is -1.67. The maximum absolute atomic E-state index is 13.0. The second-order valence-electron chi connectivity index (χ2n) is 8.12. The predicted octanol–water partition coefficient (Wildman–Crippen LogP) is 0.606. The van der Waals surface area contributed by atoms with E-state index in [2.05, 4.69) is 18.6 Å². The molecule has 2 aliphatic carbocycles. The molecule has 25 heavy (non-hydrogen) atoms. The smallest absolute Gasteiger partial charge is 0.307 e. The molecule has 0 aromatic rings. The molecule has 0 radical (unpaired) electrons. The van der Waals surface area contributed by atoms with Crippen LogP contribution in [0.15, 0.2) is 0 Å². The van der Waals surface area contributed by atoms with E-state index < -0.39 is 39.8 Å². The summed E-state index contributed by atoms with van der Waals surface area (Å²) in [5.74, 6) is -1.09. The first-order valence-corrected chi connectivity index (χ1v) is 10.1. The molecule has 3 aliphatic rings. The molecule has 1 N–H and O–H groups in total. The van der Waals surface area contributed by atoms with Gasteiger partial charge >= 0.3 is 5.97 Å². The number of likely N-dealkylation sites (N-methyl/N-ethyl adjacent to an activating group) is 1. The van der Waals surface area contributed by atoms with Crippen LogP contribution in [0.5, 0.6) is 0 Å². The quantitative estimate of drug-likeness (QED) is 0.568. The van der Waals surface area contributed by atoms with E-state index in [0.717, 1.165) is 17.1 Å². The number of hydroxylamine groups is 2. The Labute approximate surface area is 148 Å². The zero-order chi connectivity index (χ0) is 18.8. The van der Waals surface area contributed by atoms with Gasteiger partial charge in [-0.15, -0.1) is 0 Å². The zero-order valence-electron chi connectivity index (χ0n) is 15.1. The van der Waals surface area contributed by atoms with Crippen molar-refractivity contribution >= 4 is 21.9 Å². The zero-order valence-corrected chi connectivity index (χ0v) is 15.9. The number of hydrogen-bond donors (Lipinski definition) is 1. The van der Waals surface area contributed by atoms with Crippen LogP contribution in [-0.2, 0) is 24.3 Å². The van der Waals surface area contributed by atoms with E-state index in [4.69, 9.17) is 0 Å². The number of hydrogen-bond acceptors (Lipinski definition) is 7. The SMILES string of the molecule is COC(=O)C[C@H](C(=O)N1[C@H]2C[C@@H]3CC[C@@]2(CS1(=O)=O)C3(C)C)N(C)O. The van der Waals surface area contributed by atoms with E-state index in [-0.39, 0.29) is 17.2 Å². The summed E-state index contributed by atoms with van der Waals surface area (Å²) in [7, 11) is -1.37. The molecule has 8 nitrogen and oxygen atoms in total.